The zero-order valence-electron chi connectivity index (χ0n) is 10.0. The van der Waals surface area contributed by atoms with Crippen molar-refractivity contribution < 1.29 is 9.84 Å². The van der Waals surface area contributed by atoms with E-state index in [2.05, 4.69) is 12.2 Å². The number of hydrogen-bond acceptors (Lipinski definition) is 3. The maximum Gasteiger partial charge on any atom is 0.0897 e. The highest BCUT2D eigenvalue weighted by Crippen LogP contribution is 2.33. The maximum absolute atomic E-state index is 9.59. The summed E-state index contributed by atoms with van der Waals surface area (Å²) >= 11 is 0. The van der Waals surface area contributed by atoms with Gasteiger partial charge in [0.15, 0.2) is 0 Å². The molecule has 0 radical (unpaired) electrons. The van der Waals surface area contributed by atoms with Gasteiger partial charge in [0.25, 0.3) is 0 Å². The Hall–Kier alpha value is -0.120. The predicted octanol–water partition coefficient (Wildman–Crippen LogP) is 1.55. The second-order valence-electron chi connectivity index (χ2n) is 4.51. The van der Waals surface area contributed by atoms with Crippen LogP contribution in [0.1, 0.15) is 39.5 Å². The molecule has 2 N–H and O–H groups in total. The van der Waals surface area contributed by atoms with Crippen LogP contribution in [0.5, 0.6) is 0 Å². The van der Waals surface area contributed by atoms with Crippen LogP contribution in [-0.4, -0.2) is 37.0 Å². The number of ether oxygens (including phenoxy) is 1. The maximum atomic E-state index is 9.59. The van der Waals surface area contributed by atoms with Crippen molar-refractivity contribution in [3.63, 3.8) is 0 Å². The van der Waals surface area contributed by atoms with E-state index < -0.39 is 0 Å². The summed E-state index contributed by atoms with van der Waals surface area (Å²) in [6.07, 6.45) is 4.87. The molecule has 3 nitrogen and oxygen atoms in total. The van der Waals surface area contributed by atoms with Crippen LogP contribution in [0.3, 0.4) is 0 Å². The minimum Gasteiger partial charge on any atom is -0.389 e. The molecule has 0 spiro atoms. The minimum absolute atomic E-state index is 0.363. The molecule has 0 bridgehead atoms. The fraction of sp³-hybridized carbons (Fsp3) is 1.00. The van der Waals surface area contributed by atoms with E-state index in [1.807, 2.05) is 6.92 Å². The molecule has 0 amide bonds. The number of nitrogens with one attached hydrogen (secondary N) is 1. The topological polar surface area (TPSA) is 41.5 Å². The number of aliphatic hydroxyl groups excluding tert-OH is 1. The van der Waals surface area contributed by atoms with Crippen molar-refractivity contribution in [3.05, 3.63) is 0 Å². The van der Waals surface area contributed by atoms with Crippen molar-refractivity contribution in [2.24, 2.45) is 5.92 Å². The second-order valence-corrected chi connectivity index (χ2v) is 4.51. The van der Waals surface area contributed by atoms with Crippen LogP contribution in [0.25, 0.3) is 0 Å². The molecule has 0 saturated heterocycles. The molecule has 2 unspecified atom stereocenters. The second kappa shape index (κ2) is 7.20. The molecule has 1 aliphatic carbocycles. The molecular weight excluding hydrogens is 190 g/mol. The van der Waals surface area contributed by atoms with E-state index in [1.54, 1.807) is 0 Å². The Morgan fingerprint density at radius 2 is 2.13 bits per heavy atom. The highest BCUT2D eigenvalue weighted by molar-refractivity contribution is 4.80. The van der Waals surface area contributed by atoms with Crippen molar-refractivity contribution >= 4 is 0 Å². The van der Waals surface area contributed by atoms with Gasteiger partial charge < -0.3 is 15.2 Å². The molecule has 15 heavy (non-hydrogen) atoms. The first kappa shape index (κ1) is 12.9. The molecule has 0 aliphatic heterocycles. The molecule has 1 saturated carbocycles. The number of aliphatic hydroxyl groups is 1. The largest absolute Gasteiger partial charge is 0.389 e. The van der Waals surface area contributed by atoms with Gasteiger partial charge in [-0.1, -0.05) is 19.8 Å². The summed E-state index contributed by atoms with van der Waals surface area (Å²) in [5.74, 6) is 0.950. The molecule has 1 aliphatic rings. The van der Waals surface area contributed by atoms with Gasteiger partial charge in [-0.3, -0.25) is 0 Å². The average molecular weight is 215 g/mol. The minimum atomic E-state index is -0.363. The van der Waals surface area contributed by atoms with Crippen molar-refractivity contribution in [1.29, 1.82) is 0 Å². The SMILES string of the molecule is CCOCC(O)CNC(CC)CC1CC1. The first-order valence-electron chi connectivity index (χ1n) is 6.25. The van der Waals surface area contributed by atoms with Gasteiger partial charge in [-0.2, -0.15) is 0 Å². The summed E-state index contributed by atoms with van der Waals surface area (Å²) in [6.45, 7) is 5.93. The Bertz CT molecular complexity index is 160. The normalized spacial score (nSPS) is 20.2. The molecular formula is C12H25NO2. The van der Waals surface area contributed by atoms with Gasteiger partial charge in [-0.25, -0.2) is 0 Å². The fourth-order valence-corrected chi connectivity index (χ4v) is 1.77. The van der Waals surface area contributed by atoms with Crippen LogP contribution >= 0.6 is 0 Å². The van der Waals surface area contributed by atoms with Gasteiger partial charge >= 0.3 is 0 Å². The lowest BCUT2D eigenvalue weighted by Crippen LogP contribution is -2.37. The van der Waals surface area contributed by atoms with E-state index in [-0.39, 0.29) is 6.10 Å². The van der Waals surface area contributed by atoms with Gasteiger partial charge in [0.1, 0.15) is 0 Å². The Labute approximate surface area is 93.2 Å². The highest BCUT2D eigenvalue weighted by atomic mass is 16.5. The van der Waals surface area contributed by atoms with E-state index in [9.17, 15) is 5.11 Å². The lowest BCUT2D eigenvalue weighted by molar-refractivity contribution is 0.0411. The quantitative estimate of drug-likeness (QED) is 0.613. The summed E-state index contributed by atoms with van der Waals surface area (Å²) < 4.78 is 5.16. The first-order valence-corrected chi connectivity index (χ1v) is 6.25. The van der Waals surface area contributed by atoms with Crippen molar-refractivity contribution in [3.8, 4) is 0 Å². The number of hydrogen-bond donors (Lipinski definition) is 2. The summed E-state index contributed by atoms with van der Waals surface area (Å²) in [5, 5.41) is 13.0. The van der Waals surface area contributed by atoms with Gasteiger partial charge in [0, 0.05) is 19.2 Å². The monoisotopic (exact) mass is 215 g/mol. The lowest BCUT2D eigenvalue weighted by Gasteiger charge is -2.19. The molecule has 2 atom stereocenters. The zero-order chi connectivity index (χ0) is 11.1. The van der Waals surface area contributed by atoms with Crippen molar-refractivity contribution in [1.82, 2.24) is 5.32 Å². The van der Waals surface area contributed by atoms with Gasteiger partial charge in [-0.05, 0) is 25.7 Å². The highest BCUT2D eigenvalue weighted by Gasteiger charge is 2.24. The van der Waals surface area contributed by atoms with Crippen LogP contribution in [-0.2, 0) is 4.74 Å². The Morgan fingerprint density at radius 1 is 1.40 bits per heavy atom. The Morgan fingerprint density at radius 3 is 2.67 bits per heavy atom. The third kappa shape index (κ3) is 6.13. The molecule has 0 heterocycles. The van der Waals surface area contributed by atoms with Crippen LogP contribution in [0, 0.1) is 5.92 Å². The third-order valence-corrected chi connectivity index (χ3v) is 2.96. The van der Waals surface area contributed by atoms with E-state index in [4.69, 9.17) is 4.74 Å². The van der Waals surface area contributed by atoms with Crippen LogP contribution in [0.15, 0.2) is 0 Å². The lowest BCUT2D eigenvalue weighted by atomic mass is 10.1. The fourth-order valence-electron chi connectivity index (χ4n) is 1.77. The van der Waals surface area contributed by atoms with Gasteiger partial charge in [0.2, 0.25) is 0 Å². The molecule has 1 rings (SSSR count). The Kier molecular flexibility index (Phi) is 6.22. The summed E-state index contributed by atoms with van der Waals surface area (Å²) in [6, 6.07) is 0.578. The van der Waals surface area contributed by atoms with Crippen molar-refractivity contribution in [2.45, 2.75) is 51.7 Å². The standard InChI is InChI=1S/C12H25NO2/c1-3-11(7-10-5-6-10)13-8-12(14)9-15-4-2/h10-14H,3-9H2,1-2H3. The van der Waals surface area contributed by atoms with Gasteiger partial charge in [-0.15, -0.1) is 0 Å². The van der Waals surface area contributed by atoms with E-state index in [1.165, 1.54) is 19.3 Å². The summed E-state index contributed by atoms with van der Waals surface area (Å²) in [7, 11) is 0. The van der Waals surface area contributed by atoms with Crippen LogP contribution in [0.4, 0.5) is 0 Å². The number of rotatable bonds is 9. The van der Waals surface area contributed by atoms with E-state index in [0.717, 1.165) is 12.3 Å². The summed E-state index contributed by atoms with van der Waals surface area (Å²) in [4.78, 5) is 0. The van der Waals surface area contributed by atoms with Crippen LogP contribution in [0.2, 0.25) is 0 Å². The first-order chi connectivity index (χ1) is 7.26. The molecule has 1 fully saturated rings. The van der Waals surface area contributed by atoms with Crippen LogP contribution < -0.4 is 5.32 Å². The summed E-state index contributed by atoms with van der Waals surface area (Å²) in [5.41, 5.74) is 0. The molecule has 0 aromatic rings. The molecule has 3 heteroatoms. The molecule has 90 valence electrons. The average Bonchev–Trinajstić information content (AvgIpc) is 3.04. The third-order valence-electron chi connectivity index (χ3n) is 2.96. The van der Waals surface area contributed by atoms with Crippen molar-refractivity contribution in [2.75, 3.05) is 19.8 Å². The molecule has 0 aromatic carbocycles. The Balaban J connectivity index is 2.03. The predicted molar refractivity (Wildman–Crippen MR) is 61.9 cm³/mol. The zero-order valence-corrected chi connectivity index (χ0v) is 10.0. The smallest absolute Gasteiger partial charge is 0.0897 e. The van der Waals surface area contributed by atoms with E-state index in [0.29, 0.717) is 25.8 Å². The van der Waals surface area contributed by atoms with E-state index >= 15 is 0 Å². The van der Waals surface area contributed by atoms with Gasteiger partial charge in [0.05, 0.1) is 12.7 Å². The molecule has 0 aromatic heterocycles.